The molecule has 0 bridgehead atoms. The van der Waals surface area contributed by atoms with Gasteiger partial charge in [-0.15, -0.1) is 0 Å². The summed E-state index contributed by atoms with van der Waals surface area (Å²) >= 11 is 5.75. The van der Waals surface area contributed by atoms with Gasteiger partial charge in [-0.1, -0.05) is 23.7 Å². The fraction of sp³-hybridized carbons (Fsp3) is 0. The molecule has 29 heavy (non-hydrogen) atoms. The van der Waals surface area contributed by atoms with Crippen molar-refractivity contribution in [3.05, 3.63) is 59.3 Å². The van der Waals surface area contributed by atoms with E-state index < -0.39 is 31.6 Å². The van der Waals surface area contributed by atoms with Gasteiger partial charge < -0.3 is 5.73 Å². The Kier molecular flexibility index (Phi) is 4.55. The van der Waals surface area contributed by atoms with Crippen molar-refractivity contribution in [3.63, 3.8) is 0 Å². The summed E-state index contributed by atoms with van der Waals surface area (Å²) in [6.07, 6.45) is 1.51. The van der Waals surface area contributed by atoms with Crippen LogP contribution in [0, 0.1) is 11.6 Å². The second kappa shape index (κ2) is 6.94. The fourth-order valence-corrected chi connectivity index (χ4v) is 4.17. The zero-order valence-electron chi connectivity index (χ0n) is 14.3. The average molecular weight is 437 g/mol. The minimum absolute atomic E-state index is 0.188. The van der Waals surface area contributed by atoms with Crippen LogP contribution >= 0.6 is 11.6 Å². The van der Waals surface area contributed by atoms with Gasteiger partial charge in [0.2, 0.25) is 5.65 Å². The van der Waals surface area contributed by atoms with Crippen LogP contribution in [-0.4, -0.2) is 28.6 Å². The first-order chi connectivity index (χ1) is 13.7. The Morgan fingerprint density at radius 1 is 1.10 bits per heavy atom. The molecule has 0 saturated heterocycles. The van der Waals surface area contributed by atoms with E-state index in [1.54, 1.807) is 12.1 Å². The summed E-state index contributed by atoms with van der Waals surface area (Å²) in [6.45, 7) is 0. The summed E-state index contributed by atoms with van der Waals surface area (Å²) in [5, 5.41) is 6.09. The smallest absolute Gasteiger partial charge is 0.263 e. The third kappa shape index (κ3) is 3.57. The van der Waals surface area contributed by atoms with E-state index in [0.717, 1.165) is 0 Å². The molecule has 148 valence electrons. The van der Waals surface area contributed by atoms with Crippen LogP contribution in [0.25, 0.3) is 22.4 Å². The highest BCUT2D eigenvalue weighted by molar-refractivity contribution is 7.92. The van der Waals surface area contributed by atoms with Crippen LogP contribution in [0.5, 0.6) is 0 Å². The van der Waals surface area contributed by atoms with Gasteiger partial charge in [-0.25, -0.2) is 27.2 Å². The lowest BCUT2D eigenvalue weighted by Gasteiger charge is -2.10. The van der Waals surface area contributed by atoms with E-state index in [1.165, 1.54) is 18.3 Å². The van der Waals surface area contributed by atoms with Gasteiger partial charge in [0.1, 0.15) is 10.7 Å². The third-order valence-electron chi connectivity index (χ3n) is 3.99. The summed E-state index contributed by atoms with van der Waals surface area (Å²) in [5.41, 5.74) is 7.81. The number of anilines is 2. The zero-order valence-corrected chi connectivity index (χ0v) is 15.9. The first-order valence-corrected chi connectivity index (χ1v) is 9.85. The van der Waals surface area contributed by atoms with Crippen LogP contribution in [0.2, 0.25) is 5.02 Å². The van der Waals surface area contributed by atoms with Gasteiger partial charge in [-0.3, -0.25) is 9.82 Å². The molecule has 0 aliphatic heterocycles. The van der Waals surface area contributed by atoms with E-state index in [0.29, 0.717) is 40.4 Å². The number of benzene rings is 2. The number of hydrogen-bond acceptors (Lipinski definition) is 6. The van der Waals surface area contributed by atoms with E-state index >= 15 is 0 Å². The Balaban J connectivity index is 1.61. The van der Waals surface area contributed by atoms with Crippen LogP contribution in [-0.2, 0) is 10.0 Å². The minimum atomic E-state index is -4.23. The van der Waals surface area contributed by atoms with Crippen molar-refractivity contribution in [2.45, 2.75) is 4.90 Å². The third-order valence-corrected chi connectivity index (χ3v) is 5.83. The Hall–Kier alpha value is -3.31. The molecular formula is C17H11ClF2N6O2S. The predicted molar refractivity (Wildman–Crippen MR) is 104 cm³/mol. The van der Waals surface area contributed by atoms with E-state index in [-0.39, 0.29) is 5.69 Å². The molecule has 12 heteroatoms. The molecular weight excluding hydrogens is 426 g/mol. The van der Waals surface area contributed by atoms with Gasteiger partial charge >= 0.3 is 0 Å². The fourth-order valence-electron chi connectivity index (χ4n) is 2.58. The van der Waals surface area contributed by atoms with Crippen LogP contribution in [0.3, 0.4) is 0 Å². The molecule has 0 atom stereocenters. The molecule has 0 aliphatic carbocycles. The minimum Gasteiger partial charge on any atom is -0.382 e. The normalized spacial score (nSPS) is 11.7. The Morgan fingerprint density at radius 2 is 1.79 bits per heavy atom. The van der Waals surface area contributed by atoms with Crippen molar-refractivity contribution >= 4 is 44.3 Å². The summed E-state index contributed by atoms with van der Waals surface area (Å²) in [5.74, 6) is -2.26. The molecule has 0 fully saturated rings. The van der Waals surface area contributed by atoms with Crippen molar-refractivity contribution in [2.75, 3.05) is 10.5 Å². The van der Waals surface area contributed by atoms with E-state index in [4.69, 9.17) is 17.3 Å². The molecule has 4 rings (SSSR count). The van der Waals surface area contributed by atoms with Crippen LogP contribution in [0.4, 0.5) is 20.3 Å². The maximum atomic E-state index is 13.4. The van der Waals surface area contributed by atoms with Crippen molar-refractivity contribution in [1.29, 1.82) is 0 Å². The average Bonchev–Trinajstić information content (AvgIpc) is 3.05. The zero-order chi connectivity index (χ0) is 20.8. The Labute approximate surface area is 167 Å². The number of nitrogen functional groups attached to an aromatic ring is 1. The molecule has 0 spiro atoms. The summed E-state index contributed by atoms with van der Waals surface area (Å²) in [4.78, 5) is 7.95. The first-order valence-electron chi connectivity index (χ1n) is 7.99. The number of hydrogen-bond donors (Lipinski definition) is 3. The topological polar surface area (TPSA) is 127 Å². The van der Waals surface area contributed by atoms with Gasteiger partial charge in [0, 0.05) is 11.3 Å². The van der Waals surface area contributed by atoms with Crippen LogP contribution < -0.4 is 10.5 Å². The van der Waals surface area contributed by atoms with Crippen LogP contribution in [0.1, 0.15) is 0 Å². The second-order valence-corrected chi connectivity index (χ2v) is 8.00. The van der Waals surface area contributed by atoms with Crippen molar-refractivity contribution in [3.8, 4) is 11.3 Å². The maximum Gasteiger partial charge on any atom is 0.263 e. The molecule has 0 amide bonds. The number of aromatic amines is 1. The van der Waals surface area contributed by atoms with Crippen LogP contribution in [0.15, 0.2) is 47.5 Å². The van der Waals surface area contributed by atoms with Gasteiger partial charge in [0.15, 0.2) is 17.2 Å². The number of H-pyrrole nitrogens is 1. The number of halogens is 3. The number of fused-ring (bicyclic) bond motifs is 1. The lowest BCUT2D eigenvalue weighted by molar-refractivity contribution is 0.504. The number of aromatic nitrogens is 4. The lowest BCUT2D eigenvalue weighted by Crippen LogP contribution is -2.14. The standard InChI is InChI=1S/C17H11ClF2N6O2S/c18-10-5-11(19)12(20)6-14(10)29(27,28)26-9-3-1-8(2-4-9)13-7-22-15-16(21)24-25-17(15)23-13/h1-7,26H,(H3,21,23,24,25). The molecule has 4 N–H and O–H groups in total. The highest BCUT2D eigenvalue weighted by Crippen LogP contribution is 2.27. The Morgan fingerprint density at radius 3 is 2.52 bits per heavy atom. The molecule has 0 saturated carbocycles. The molecule has 2 aromatic carbocycles. The van der Waals surface area contributed by atoms with Gasteiger partial charge in [-0.2, -0.15) is 5.10 Å². The first kappa shape index (κ1) is 19.0. The maximum absolute atomic E-state index is 13.4. The van der Waals surface area contributed by atoms with E-state index in [2.05, 4.69) is 24.9 Å². The van der Waals surface area contributed by atoms with Gasteiger partial charge in [0.25, 0.3) is 10.0 Å². The summed E-state index contributed by atoms with van der Waals surface area (Å²) < 4.78 is 53.8. The molecule has 8 nitrogen and oxygen atoms in total. The second-order valence-electron chi connectivity index (χ2n) is 5.94. The monoisotopic (exact) mass is 436 g/mol. The lowest BCUT2D eigenvalue weighted by atomic mass is 10.1. The molecule has 0 aliphatic rings. The Bertz CT molecular complexity index is 1340. The number of nitrogens with two attached hydrogens (primary N) is 1. The van der Waals surface area contributed by atoms with E-state index in [1.807, 2.05) is 0 Å². The van der Waals surface area contributed by atoms with Crippen molar-refractivity contribution in [1.82, 2.24) is 20.2 Å². The number of nitrogens with one attached hydrogen (secondary N) is 2. The molecule has 0 radical (unpaired) electrons. The molecule has 2 heterocycles. The molecule has 2 aromatic heterocycles. The number of rotatable bonds is 4. The van der Waals surface area contributed by atoms with Crippen molar-refractivity contribution < 1.29 is 17.2 Å². The van der Waals surface area contributed by atoms with E-state index in [9.17, 15) is 17.2 Å². The summed E-state index contributed by atoms with van der Waals surface area (Å²) in [7, 11) is -4.23. The number of nitrogens with zero attached hydrogens (tertiary/aromatic N) is 3. The van der Waals surface area contributed by atoms with Gasteiger partial charge in [-0.05, 0) is 24.3 Å². The summed E-state index contributed by atoms with van der Waals surface area (Å²) in [6, 6.07) is 7.30. The van der Waals surface area contributed by atoms with Crippen molar-refractivity contribution in [2.24, 2.45) is 0 Å². The number of sulfonamides is 1. The quantitative estimate of drug-likeness (QED) is 0.421. The molecule has 4 aromatic rings. The largest absolute Gasteiger partial charge is 0.382 e. The SMILES string of the molecule is Nc1[nH]nc2nc(-c3ccc(NS(=O)(=O)c4cc(F)c(F)cc4Cl)cc3)cnc12. The predicted octanol–water partition coefficient (Wildman–Crippen LogP) is 3.33. The van der Waals surface area contributed by atoms with Gasteiger partial charge in [0.05, 0.1) is 16.9 Å². The highest BCUT2D eigenvalue weighted by Gasteiger charge is 2.21. The highest BCUT2D eigenvalue weighted by atomic mass is 35.5. The molecule has 0 unspecified atom stereocenters.